The topological polar surface area (TPSA) is 78.1 Å². The molecule has 1 amide bonds. The van der Waals surface area contributed by atoms with Crippen LogP contribution in [0.5, 0.6) is 0 Å². The Morgan fingerprint density at radius 3 is 2.83 bits per heavy atom. The molecule has 6 nitrogen and oxygen atoms in total. The highest BCUT2D eigenvalue weighted by molar-refractivity contribution is 7.17. The number of fused-ring (bicyclic) bond motifs is 1. The van der Waals surface area contributed by atoms with Crippen LogP contribution in [0.15, 0.2) is 40.5 Å². The number of nitrogens with zero attached hydrogens (tertiary/aromatic N) is 2. The van der Waals surface area contributed by atoms with Gasteiger partial charge in [0, 0.05) is 5.69 Å². The molecule has 0 atom stereocenters. The van der Waals surface area contributed by atoms with Crippen molar-refractivity contribution in [3.8, 4) is 0 Å². The lowest BCUT2D eigenvalue weighted by molar-refractivity contribution is -0.117. The number of halogens is 1. The third-order valence-corrected chi connectivity index (χ3v) is 4.23. The van der Waals surface area contributed by atoms with Gasteiger partial charge >= 0.3 is 0 Å². The van der Waals surface area contributed by atoms with E-state index in [4.69, 9.17) is 0 Å². The molecule has 2 heterocycles. The van der Waals surface area contributed by atoms with Crippen molar-refractivity contribution in [1.29, 1.82) is 0 Å². The van der Waals surface area contributed by atoms with Gasteiger partial charge < -0.3 is 10.3 Å². The van der Waals surface area contributed by atoms with Crippen molar-refractivity contribution in [3.05, 3.63) is 57.7 Å². The number of amides is 1. The van der Waals surface area contributed by atoms with Gasteiger partial charge in [0.05, 0.1) is 18.6 Å². The zero-order valence-corrected chi connectivity index (χ0v) is 13.7. The van der Waals surface area contributed by atoms with E-state index in [-0.39, 0.29) is 23.8 Å². The number of thiophene rings is 1. The molecule has 0 saturated heterocycles. The number of carbonyl (C=O) groups is 1. The first-order valence-corrected chi connectivity index (χ1v) is 8.09. The van der Waals surface area contributed by atoms with E-state index in [0.29, 0.717) is 28.3 Å². The zero-order valence-electron chi connectivity index (χ0n) is 12.9. The minimum Gasteiger partial charge on any atom is -0.325 e. The van der Waals surface area contributed by atoms with Crippen molar-refractivity contribution in [2.45, 2.75) is 6.54 Å². The average molecular weight is 346 g/mol. The van der Waals surface area contributed by atoms with E-state index in [2.05, 4.69) is 15.3 Å². The lowest BCUT2D eigenvalue weighted by Gasteiger charge is -2.15. The van der Waals surface area contributed by atoms with Crippen LogP contribution < -0.4 is 10.9 Å². The molecule has 0 saturated carbocycles. The predicted molar refractivity (Wildman–Crippen MR) is 91.6 cm³/mol. The molecule has 0 bridgehead atoms. The summed E-state index contributed by atoms with van der Waals surface area (Å²) in [5, 5.41) is 4.50. The quantitative estimate of drug-likeness (QED) is 0.742. The van der Waals surface area contributed by atoms with E-state index >= 15 is 0 Å². The Bertz CT molecular complexity index is 920. The lowest BCUT2D eigenvalue weighted by atomic mass is 10.3. The Morgan fingerprint density at radius 1 is 1.33 bits per heavy atom. The predicted octanol–water partition coefficient (Wildman–Crippen LogP) is 2.19. The fourth-order valence-corrected chi connectivity index (χ4v) is 3.01. The van der Waals surface area contributed by atoms with Gasteiger partial charge in [0.25, 0.3) is 5.56 Å². The number of aromatic nitrogens is 2. The first-order valence-electron chi connectivity index (χ1n) is 7.21. The number of hydrogen-bond acceptors (Lipinski definition) is 5. The molecule has 3 aromatic rings. The maximum Gasteiger partial charge on any atom is 0.268 e. The largest absolute Gasteiger partial charge is 0.325 e. The molecule has 0 spiro atoms. The molecule has 8 heteroatoms. The van der Waals surface area contributed by atoms with Crippen molar-refractivity contribution < 1.29 is 9.18 Å². The summed E-state index contributed by atoms with van der Waals surface area (Å²) in [5.41, 5.74) is 1.01. The molecule has 1 aromatic carbocycles. The number of carbonyl (C=O) groups excluding carboxylic acids is 1. The van der Waals surface area contributed by atoms with Gasteiger partial charge in [0.1, 0.15) is 16.3 Å². The van der Waals surface area contributed by atoms with Gasteiger partial charge in [-0.3, -0.25) is 14.5 Å². The minimum atomic E-state index is -0.357. The third-order valence-electron chi connectivity index (χ3n) is 3.33. The monoisotopic (exact) mass is 346 g/mol. The Balaban J connectivity index is 1.61. The normalized spacial score (nSPS) is 11.1. The summed E-state index contributed by atoms with van der Waals surface area (Å²) < 4.78 is 13.4. The SMILES string of the molecule is CN(CC(=O)Nc1ccc(F)cc1)Cc1nc2ccsc2c(=O)[nH]1. The zero-order chi connectivity index (χ0) is 17.1. The Kier molecular flexibility index (Phi) is 4.68. The van der Waals surface area contributed by atoms with E-state index in [1.807, 2.05) is 5.38 Å². The number of rotatable bonds is 5. The van der Waals surface area contributed by atoms with E-state index in [1.54, 1.807) is 18.0 Å². The van der Waals surface area contributed by atoms with Crippen molar-refractivity contribution >= 4 is 33.1 Å². The highest BCUT2D eigenvalue weighted by atomic mass is 32.1. The summed E-state index contributed by atoms with van der Waals surface area (Å²) in [7, 11) is 1.75. The molecule has 2 N–H and O–H groups in total. The number of likely N-dealkylation sites (N-methyl/N-ethyl adjacent to an activating group) is 1. The maximum atomic E-state index is 12.8. The van der Waals surface area contributed by atoms with Gasteiger partial charge in [-0.05, 0) is 42.8 Å². The van der Waals surface area contributed by atoms with Crippen LogP contribution in [-0.4, -0.2) is 34.4 Å². The van der Waals surface area contributed by atoms with Gasteiger partial charge in [-0.25, -0.2) is 9.37 Å². The molecule has 0 aliphatic carbocycles. The Labute approximate surface area is 141 Å². The van der Waals surface area contributed by atoms with Gasteiger partial charge in [-0.2, -0.15) is 0 Å². The summed E-state index contributed by atoms with van der Waals surface area (Å²) in [6.07, 6.45) is 0. The van der Waals surface area contributed by atoms with Crippen LogP contribution >= 0.6 is 11.3 Å². The Morgan fingerprint density at radius 2 is 2.08 bits per heavy atom. The fourth-order valence-electron chi connectivity index (χ4n) is 2.29. The number of nitrogens with one attached hydrogen (secondary N) is 2. The number of aromatic amines is 1. The molecule has 0 radical (unpaired) electrons. The number of H-pyrrole nitrogens is 1. The highest BCUT2D eigenvalue weighted by Gasteiger charge is 2.11. The molecule has 0 fully saturated rings. The van der Waals surface area contributed by atoms with E-state index in [1.165, 1.54) is 35.6 Å². The highest BCUT2D eigenvalue weighted by Crippen LogP contribution is 2.14. The number of benzene rings is 1. The number of hydrogen-bond donors (Lipinski definition) is 2. The van der Waals surface area contributed by atoms with Gasteiger partial charge in [0.2, 0.25) is 5.91 Å². The van der Waals surface area contributed by atoms with Crippen LogP contribution in [0.2, 0.25) is 0 Å². The molecular formula is C16H15FN4O2S. The number of anilines is 1. The van der Waals surface area contributed by atoms with Gasteiger partial charge in [0.15, 0.2) is 0 Å². The lowest BCUT2D eigenvalue weighted by Crippen LogP contribution is -2.31. The van der Waals surface area contributed by atoms with E-state index in [9.17, 15) is 14.0 Å². The molecule has 24 heavy (non-hydrogen) atoms. The van der Waals surface area contributed by atoms with Crippen molar-refractivity contribution in [2.75, 3.05) is 18.9 Å². The van der Waals surface area contributed by atoms with Crippen molar-refractivity contribution in [1.82, 2.24) is 14.9 Å². The van der Waals surface area contributed by atoms with Crippen LogP contribution in [0, 0.1) is 5.82 Å². The van der Waals surface area contributed by atoms with Crippen LogP contribution in [0.1, 0.15) is 5.82 Å². The van der Waals surface area contributed by atoms with Crippen LogP contribution in [0.25, 0.3) is 10.2 Å². The standard InChI is InChI=1S/C16H15FN4O2S/c1-21(9-14(22)18-11-4-2-10(17)3-5-11)8-13-19-12-6-7-24-15(12)16(23)20-13/h2-7H,8-9H2,1H3,(H,18,22)(H,19,20,23). The summed E-state index contributed by atoms with van der Waals surface area (Å²) >= 11 is 1.34. The first kappa shape index (κ1) is 16.3. The van der Waals surface area contributed by atoms with Gasteiger partial charge in [-0.1, -0.05) is 0 Å². The smallest absolute Gasteiger partial charge is 0.268 e. The average Bonchev–Trinajstić information content (AvgIpc) is 2.98. The third kappa shape index (κ3) is 3.84. The molecule has 2 aromatic heterocycles. The second-order valence-electron chi connectivity index (χ2n) is 5.37. The molecule has 0 aliphatic heterocycles. The maximum absolute atomic E-state index is 12.8. The van der Waals surface area contributed by atoms with Crippen LogP contribution in [0.3, 0.4) is 0 Å². The Hall–Kier alpha value is -2.58. The minimum absolute atomic E-state index is 0.114. The van der Waals surface area contributed by atoms with Crippen LogP contribution in [0.4, 0.5) is 10.1 Å². The van der Waals surface area contributed by atoms with Crippen molar-refractivity contribution in [3.63, 3.8) is 0 Å². The summed E-state index contributed by atoms with van der Waals surface area (Å²) in [5.74, 6) is -0.0879. The van der Waals surface area contributed by atoms with E-state index < -0.39 is 0 Å². The van der Waals surface area contributed by atoms with Crippen molar-refractivity contribution in [2.24, 2.45) is 0 Å². The molecule has 3 rings (SSSR count). The molecular weight excluding hydrogens is 331 g/mol. The summed E-state index contributed by atoms with van der Waals surface area (Å²) in [6, 6.07) is 7.35. The molecule has 124 valence electrons. The second-order valence-corrected chi connectivity index (χ2v) is 6.29. The molecule has 0 aliphatic rings. The summed E-state index contributed by atoms with van der Waals surface area (Å²) in [6.45, 7) is 0.445. The fraction of sp³-hybridized carbons (Fsp3) is 0.188. The van der Waals surface area contributed by atoms with E-state index in [0.717, 1.165) is 0 Å². The van der Waals surface area contributed by atoms with Crippen LogP contribution in [-0.2, 0) is 11.3 Å². The molecule has 0 unspecified atom stereocenters. The summed E-state index contributed by atoms with van der Waals surface area (Å²) in [4.78, 5) is 32.8. The second kappa shape index (κ2) is 6.90. The van der Waals surface area contributed by atoms with Gasteiger partial charge in [-0.15, -0.1) is 11.3 Å². The first-order chi connectivity index (χ1) is 11.5.